The zero-order chi connectivity index (χ0) is 12.5. The van der Waals surface area contributed by atoms with E-state index in [1.807, 2.05) is 19.1 Å². The summed E-state index contributed by atoms with van der Waals surface area (Å²) in [6, 6.07) is 13.9. The molecule has 1 aliphatic rings. The molecule has 0 spiro atoms. The van der Waals surface area contributed by atoms with Gasteiger partial charge in [0.15, 0.2) is 0 Å². The van der Waals surface area contributed by atoms with Crippen LogP contribution in [0.25, 0.3) is 0 Å². The molecule has 1 unspecified atom stereocenters. The fraction of sp³-hybridized carbons (Fsp3) is 0.250. The lowest BCUT2D eigenvalue weighted by atomic mass is 9.88. The standard InChI is InChI=1S/C16H16FN/c1-11-13(7-4-8-15(11)17)16-14-6-3-2-5-12(14)9-10-18-16/h2-8,16,18H,9-10H2,1H3. The highest BCUT2D eigenvalue weighted by Crippen LogP contribution is 2.30. The van der Waals surface area contributed by atoms with Gasteiger partial charge in [-0.3, -0.25) is 0 Å². The second kappa shape index (κ2) is 4.54. The first-order valence-electron chi connectivity index (χ1n) is 6.33. The van der Waals surface area contributed by atoms with Gasteiger partial charge in [0.25, 0.3) is 0 Å². The number of rotatable bonds is 1. The Kier molecular flexibility index (Phi) is 2.88. The summed E-state index contributed by atoms with van der Waals surface area (Å²) < 4.78 is 13.7. The molecule has 18 heavy (non-hydrogen) atoms. The Morgan fingerprint density at radius 2 is 1.83 bits per heavy atom. The molecule has 0 saturated heterocycles. The summed E-state index contributed by atoms with van der Waals surface area (Å²) in [7, 11) is 0. The van der Waals surface area contributed by atoms with E-state index in [1.165, 1.54) is 17.2 Å². The van der Waals surface area contributed by atoms with Crippen LogP contribution in [-0.4, -0.2) is 6.54 Å². The number of fused-ring (bicyclic) bond motifs is 1. The quantitative estimate of drug-likeness (QED) is 0.807. The van der Waals surface area contributed by atoms with E-state index in [0.29, 0.717) is 0 Å². The number of benzene rings is 2. The first kappa shape index (κ1) is 11.4. The third kappa shape index (κ3) is 1.83. The van der Waals surface area contributed by atoms with E-state index >= 15 is 0 Å². The van der Waals surface area contributed by atoms with Crippen LogP contribution in [0.3, 0.4) is 0 Å². The van der Waals surface area contributed by atoms with Crippen LogP contribution in [0.2, 0.25) is 0 Å². The Bertz CT molecular complexity index is 577. The van der Waals surface area contributed by atoms with Crippen molar-refractivity contribution in [2.24, 2.45) is 0 Å². The van der Waals surface area contributed by atoms with Gasteiger partial charge in [0.2, 0.25) is 0 Å². The van der Waals surface area contributed by atoms with Crippen molar-refractivity contribution in [3.63, 3.8) is 0 Å². The number of nitrogens with one attached hydrogen (secondary N) is 1. The molecular formula is C16H16FN. The summed E-state index contributed by atoms with van der Waals surface area (Å²) in [6.07, 6.45) is 1.04. The fourth-order valence-corrected chi connectivity index (χ4v) is 2.72. The second-order valence-corrected chi connectivity index (χ2v) is 4.79. The summed E-state index contributed by atoms with van der Waals surface area (Å²) in [5.41, 5.74) is 4.43. The van der Waals surface area contributed by atoms with E-state index in [-0.39, 0.29) is 11.9 Å². The van der Waals surface area contributed by atoms with Crippen molar-refractivity contribution in [2.45, 2.75) is 19.4 Å². The van der Waals surface area contributed by atoms with Gasteiger partial charge in [-0.15, -0.1) is 0 Å². The van der Waals surface area contributed by atoms with Crippen LogP contribution in [0.1, 0.15) is 28.3 Å². The van der Waals surface area contributed by atoms with Crippen molar-refractivity contribution in [3.8, 4) is 0 Å². The summed E-state index contributed by atoms with van der Waals surface area (Å²) in [5, 5.41) is 3.49. The zero-order valence-corrected chi connectivity index (χ0v) is 10.4. The highest BCUT2D eigenvalue weighted by atomic mass is 19.1. The molecule has 0 saturated carbocycles. The maximum absolute atomic E-state index is 13.7. The highest BCUT2D eigenvalue weighted by Gasteiger charge is 2.22. The van der Waals surface area contributed by atoms with Crippen LogP contribution >= 0.6 is 0 Å². The predicted octanol–water partition coefficient (Wildman–Crippen LogP) is 3.37. The Morgan fingerprint density at radius 1 is 1.06 bits per heavy atom. The molecule has 92 valence electrons. The monoisotopic (exact) mass is 241 g/mol. The highest BCUT2D eigenvalue weighted by molar-refractivity contribution is 5.42. The SMILES string of the molecule is Cc1c(F)cccc1C1NCCc2ccccc21. The van der Waals surface area contributed by atoms with E-state index in [1.54, 1.807) is 6.07 Å². The Balaban J connectivity index is 2.11. The average molecular weight is 241 g/mol. The van der Waals surface area contributed by atoms with Gasteiger partial charge in [-0.2, -0.15) is 0 Å². The third-order valence-corrected chi connectivity index (χ3v) is 3.73. The van der Waals surface area contributed by atoms with Gasteiger partial charge in [0.1, 0.15) is 5.82 Å². The molecule has 0 amide bonds. The van der Waals surface area contributed by atoms with E-state index in [2.05, 4.69) is 23.5 Å². The maximum atomic E-state index is 13.7. The minimum absolute atomic E-state index is 0.116. The molecule has 0 bridgehead atoms. The number of halogens is 1. The van der Waals surface area contributed by atoms with Crippen molar-refractivity contribution >= 4 is 0 Å². The summed E-state index contributed by atoms with van der Waals surface area (Å²) >= 11 is 0. The van der Waals surface area contributed by atoms with Crippen molar-refractivity contribution < 1.29 is 4.39 Å². The van der Waals surface area contributed by atoms with Gasteiger partial charge in [0.05, 0.1) is 6.04 Å². The van der Waals surface area contributed by atoms with Crippen molar-refractivity contribution in [2.75, 3.05) is 6.54 Å². The topological polar surface area (TPSA) is 12.0 Å². The van der Waals surface area contributed by atoms with Crippen LogP contribution in [0.4, 0.5) is 4.39 Å². The minimum Gasteiger partial charge on any atom is -0.306 e. The van der Waals surface area contributed by atoms with Crippen LogP contribution in [-0.2, 0) is 6.42 Å². The minimum atomic E-state index is -0.127. The van der Waals surface area contributed by atoms with Crippen LogP contribution in [0, 0.1) is 12.7 Å². The molecule has 1 heterocycles. The maximum Gasteiger partial charge on any atom is 0.126 e. The lowest BCUT2D eigenvalue weighted by molar-refractivity contribution is 0.555. The van der Waals surface area contributed by atoms with E-state index in [9.17, 15) is 4.39 Å². The molecule has 1 atom stereocenters. The molecule has 1 aliphatic heterocycles. The zero-order valence-electron chi connectivity index (χ0n) is 10.4. The molecule has 0 radical (unpaired) electrons. The lowest BCUT2D eigenvalue weighted by Gasteiger charge is -2.28. The molecule has 0 aliphatic carbocycles. The Morgan fingerprint density at radius 3 is 2.72 bits per heavy atom. The second-order valence-electron chi connectivity index (χ2n) is 4.79. The first-order valence-corrected chi connectivity index (χ1v) is 6.33. The molecule has 2 heteroatoms. The van der Waals surface area contributed by atoms with E-state index in [0.717, 1.165) is 24.1 Å². The van der Waals surface area contributed by atoms with E-state index in [4.69, 9.17) is 0 Å². The molecule has 2 aromatic carbocycles. The summed E-state index contributed by atoms with van der Waals surface area (Å²) in [6.45, 7) is 2.79. The molecule has 3 rings (SSSR count). The normalized spacial score (nSPS) is 18.4. The van der Waals surface area contributed by atoms with Gasteiger partial charge in [-0.05, 0) is 41.7 Å². The molecule has 0 aromatic heterocycles. The smallest absolute Gasteiger partial charge is 0.126 e. The van der Waals surface area contributed by atoms with E-state index < -0.39 is 0 Å². The average Bonchev–Trinajstić information content (AvgIpc) is 2.41. The van der Waals surface area contributed by atoms with Gasteiger partial charge in [0, 0.05) is 6.54 Å². The van der Waals surface area contributed by atoms with Crippen LogP contribution < -0.4 is 5.32 Å². The molecule has 2 aromatic rings. The fourth-order valence-electron chi connectivity index (χ4n) is 2.72. The van der Waals surface area contributed by atoms with Gasteiger partial charge < -0.3 is 5.32 Å². The number of hydrogen-bond donors (Lipinski definition) is 1. The first-order chi connectivity index (χ1) is 8.77. The molecular weight excluding hydrogens is 225 g/mol. The Labute approximate surface area is 107 Å². The third-order valence-electron chi connectivity index (χ3n) is 3.73. The summed E-state index contributed by atoms with van der Waals surface area (Å²) in [4.78, 5) is 0. The van der Waals surface area contributed by atoms with Crippen molar-refractivity contribution in [1.29, 1.82) is 0 Å². The van der Waals surface area contributed by atoms with Gasteiger partial charge in [-0.25, -0.2) is 4.39 Å². The Hall–Kier alpha value is -1.67. The van der Waals surface area contributed by atoms with Crippen molar-refractivity contribution in [3.05, 3.63) is 70.5 Å². The van der Waals surface area contributed by atoms with Crippen molar-refractivity contribution in [1.82, 2.24) is 5.32 Å². The van der Waals surface area contributed by atoms with Crippen LogP contribution in [0.5, 0.6) is 0 Å². The molecule has 1 N–H and O–H groups in total. The van der Waals surface area contributed by atoms with Crippen LogP contribution in [0.15, 0.2) is 42.5 Å². The largest absolute Gasteiger partial charge is 0.306 e. The lowest BCUT2D eigenvalue weighted by Crippen LogP contribution is -2.31. The molecule has 1 nitrogen and oxygen atoms in total. The number of hydrogen-bond acceptors (Lipinski definition) is 1. The summed E-state index contributed by atoms with van der Waals surface area (Å²) in [5.74, 6) is -0.127. The van der Waals surface area contributed by atoms with Gasteiger partial charge >= 0.3 is 0 Å². The molecule has 0 fully saturated rings. The predicted molar refractivity (Wildman–Crippen MR) is 71.1 cm³/mol. The van der Waals surface area contributed by atoms with Gasteiger partial charge in [-0.1, -0.05) is 36.4 Å².